The summed E-state index contributed by atoms with van der Waals surface area (Å²) in [6.07, 6.45) is 0.327. The second-order valence-electron chi connectivity index (χ2n) is 2.71. The first-order valence-electron chi connectivity index (χ1n) is 3.67. The molecular formula is C8H11N3O. The topological polar surface area (TPSA) is 68.9 Å². The molecule has 1 rings (SSSR count). The highest BCUT2D eigenvalue weighted by molar-refractivity contribution is 5.77. The molecule has 0 aliphatic carbocycles. The van der Waals surface area contributed by atoms with Crippen LogP contribution in [-0.2, 0) is 11.2 Å². The van der Waals surface area contributed by atoms with E-state index in [0.29, 0.717) is 23.8 Å². The van der Waals surface area contributed by atoms with Crippen LogP contribution in [0.4, 0.5) is 5.82 Å². The third-order valence-electron chi connectivity index (χ3n) is 1.34. The zero-order chi connectivity index (χ0) is 9.14. The maximum absolute atomic E-state index is 10.7. The molecule has 0 radical (unpaired) electrons. The Hall–Kier alpha value is -1.45. The van der Waals surface area contributed by atoms with Crippen molar-refractivity contribution >= 4 is 11.6 Å². The molecular weight excluding hydrogens is 154 g/mol. The number of Topliss-reactive ketones (excluding diaryl/α,β-unsaturated/α-hetero) is 1. The van der Waals surface area contributed by atoms with E-state index in [1.807, 2.05) is 0 Å². The molecule has 1 aromatic heterocycles. The maximum Gasteiger partial charge on any atom is 0.135 e. The van der Waals surface area contributed by atoms with Gasteiger partial charge in [0.25, 0.3) is 0 Å². The normalized spacial score (nSPS) is 9.83. The maximum atomic E-state index is 10.7. The summed E-state index contributed by atoms with van der Waals surface area (Å²) in [4.78, 5) is 18.7. The summed E-state index contributed by atoms with van der Waals surface area (Å²) in [5.41, 5.74) is 6.16. The monoisotopic (exact) mass is 165 g/mol. The summed E-state index contributed by atoms with van der Waals surface area (Å²) >= 11 is 0. The lowest BCUT2D eigenvalue weighted by molar-refractivity contribution is -0.116. The molecule has 0 atom stereocenters. The SMILES string of the molecule is CC(=O)Cc1cc(N)nc(C)n1. The molecule has 0 aliphatic heterocycles. The summed E-state index contributed by atoms with van der Waals surface area (Å²) < 4.78 is 0. The van der Waals surface area contributed by atoms with Crippen molar-refractivity contribution in [3.63, 3.8) is 0 Å². The van der Waals surface area contributed by atoms with Crippen LogP contribution in [0.1, 0.15) is 18.4 Å². The van der Waals surface area contributed by atoms with Gasteiger partial charge in [0.2, 0.25) is 0 Å². The first-order chi connectivity index (χ1) is 5.58. The van der Waals surface area contributed by atoms with Crippen molar-refractivity contribution in [2.45, 2.75) is 20.3 Å². The standard InChI is InChI=1S/C8H11N3O/c1-5(12)3-7-4-8(9)11-6(2)10-7/h4H,3H2,1-2H3,(H2,9,10,11). The largest absolute Gasteiger partial charge is 0.384 e. The van der Waals surface area contributed by atoms with E-state index in [2.05, 4.69) is 9.97 Å². The number of rotatable bonds is 2. The molecule has 0 aromatic carbocycles. The second kappa shape index (κ2) is 3.30. The zero-order valence-electron chi connectivity index (χ0n) is 7.16. The minimum Gasteiger partial charge on any atom is -0.384 e. The molecule has 0 fully saturated rings. The van der Waals surface area contributed by atoms with Crippen molar-refractivity contribution in [2.75, 3.05) is 5.73 Å². The number of hydrogen-bond acceptors (Lipinski definition) is 4. The number of nitrogen functional groups attached to an aromatic ring is 1. The highest BCUT2D eigenvalue weighted by Crippen LogP contribution is 2.03. The van der Waals surface area contributed by atoms with Gasteiger partial charge in [-0.05, 0) is 13.8 Å². The molecule has 4 nitrogen and oxygen atoms in total. The van der Waals surface area contributed by atoms with E-state index in [4.69, 9.17) is 5.73 Å². The van der Waals surface area contributed by atoms with E-state index in [0.717, 1.165) is 0 Å². The van der Waals surface area contributed by atoms with Crippen molar-refractivity contribution in [2.24, 2.45) is 0 Å². The van der Waals surface area contributed by atoms with E-state index in [1.54, 1.807) is 13.0 Å². The first kappa shape index (κ1) is 8.64. The Morgan fingerprint density at radius 2 is 2.25 bits per heavy atom. The molecule has 64 valence electrons. The lowest BCUT2D eigenvalue weighted by Crippen LogP contribution is -2.04. The molecule has 0 saturated heterocycles. The fourth-order valence-electron chi connectivity index (χ4n) is 1.00. The van der Waals surface area contributed by atoms with Gasteiger partial charge >= 0.3 is 0 Å². The van der Waals surface area contributed by atoms with Crippen LogP contribution in [-0.4, -0.2) is 15.8 Å². The van der Waals surface area contributed by atoms with Gasteiger partial charge in [0.15, 0.2) is 0 Å². The molecule has 0 bridgehead atoms. The fourth-order valence-corrected chi connectivity index (χ4v) is 1.00. The molecule has 0 saturated carbocycles. The number of hydrogen-bond donors (Lipinski definition) is 1. The number of nitrogens with zero attached hydrogens (tertiary/aromatic N) is 2. The van der Waals surface area contributed by atoms with Gasteiger partial charge in [-0.3, -0.25) is 4.79 Å². The summed E-state index contributed by atoms with van der Waals surface area (Å²) in [7, 11) is 0. The highest BCUT2D eigenvalue weighted by atomic mass is 16.1. The van der Waals surface area contributed by atoms with Gasteiger partial charge in [-0.25, -0.2) is 9.97 Å². The van der Waals surface area contributed by atoms with Crippen LogP contribution in [0.3, 0.4) is 0 Å². The predicted octanol–water partition coefficient (Wildman–Crippen LogP) is 0.499. The third kappa shape index (κ3) is 2.30. The summed E-state index contributed by atoms with van der Waals surface area (Å²) in [5, 5.41) is 0. The van der Waals surface area contributed by atoms with Gasteiger partial charge in [0, 0.05) is 12.5 Å². The van der Waals surface area contributed by atoms with Crippen molar-refractivity contribution in [1.82, 2.24) is 9.97 Å². The number of aryl methyl sites for hydroxylation is 1. The number of aromatic nitrogens is 2. The van der Waals surface area contributed by atoms with Gasteiger partial charge in [0.05, 0.1) is 5.69 Å². The number of ketones is 1. The number of carbonyl (C=O) groups is 1. The van der Waals surface area contributed by atoms with Crippen molar-refractivity contribution in [3.05, 3.63) is 17.6 Å². The lowest BCUT2D eigenvalue weighted by Gasteiger charge is -1.99. The third-order valence-corrected chi connectivity index (χ3v) is 1.34. The quantitative estimate of drug-likeness (QED) is 0.692. The van der Waals surface area contributed by atoms with Crippen LogP contribution in [0, 0.1) is 6.92 Å². The lowest BCUT2D eigenvalue weighted by atomic mass is 10.2. The Bertz CT molecular complexity index is 289. The van der Waals surface area contributed by atoms with Gasteiger partial charge < -0.3 is 5.73 Å². The molecule has 0 amide bonds. The molecule has 12 heavy (non-hydrogen) atoms. The first-order valence-corrected chi connectivity index (χ1v) is 3.67. The summed E-state index contributed by atoms with van der Waals surface area (Å²) in [6.45, 7) is 3.27. The Morgan fingerprint density at radius 3 is 2.75 bits per heavy atom. The average Bonchev–Trinajstić information content (AvgIpc) is 1.81. The van der Waals surface area contributed by atoms with Crippen LogP contribution in [0.2, 0.25) is 0 Å². The zero-order valence-corrected chi connectivity index (χ0v) is 7.16. The molecule has 0 unspecified atom stereocenters. The van der Waals surface area contributed by atoms with Crippen LogP contribution in [0.5, 0.6) is 0 Å². The number of nitrogens with two attached hydrogens (primary N) is 1. The second-order valence-corrected chi connectivity index (χ2v) is 2.71. The number of anilines is 1. The minimum atomic E-state index is 0.0764. The Balaban J connectivity index is 2.93. The number of carbonyl (C=O) groups excluding carboxylic acids is 1. The smallest absolute Gasteiger partial charge is 0.135 e. The molecule has 4 heteroatoms. The predicted molar refractivity (Wildman–Crippen MR) is 45.6 cm³/mol. The van der Waals surface area contributed by atoms with Crippen LogP contribution >= 0.6 is 0 Å². The van der Waals surface area contributed by atoms with E-state index in [-0.39, 0.29) is 5.78 Å². The Labute approximate surface area is 70.8 Å². The molecule has 2 N–H and O–H groups in total. The molecule has 0 spiro atoms. The summed E-state index contributed by atoms with van der Waals surface area (Å²) in [6, 6.07) is 1.62. The van der Waals surface area contributed by atoms with Crippen molar-refractivity contribution < 1.29 is 4.79 Å². The molecule has 1 heterocycles. The summed E-state index contributed by atoms with van der Waals surface area (Å²) in [5.74, 6) is 1.09. The Morgan fingerprint density at radius 1 is 1.58 bits per heavy atom. The highest BCUT2D eigenvalue weighted by Gasteiger charge is 2.01. The van der Waals surface area contributed by atoms with E-state index in [1.165, 1.54) is 6.92 Å². The minimum absolute atomic E-state index is 0.0764. The van der Waals surface area contributed by atoms with Gasteiger partial charge in [-0.15, -0.1) is 0 Å². The van der Waals surface area contributed by atoms with Crippen LogP contribution in [0.25, 0.3) is 0 Å². The fraction of sp³-hybridized carbons (Fsp3) is 0.375. The van der Waals surface area contributed by atoms with E-state index in [9.17, 15) is 4.79 Å². The van der Waals surface area contributed by atoms with Gasteiger partial charge in [0.1, 0.15) is 17.4 Å². The van der Waals surface area contributed by atoms with Gasteiger partial charge in [-0.1, -0.05) is 0 Å². The van der Waals surface area contributed by atoms with E-state index >= 15 is 0 Å². The van der Waals surface area contributed by atoms with E-state index < -0.39 is 0 Å². The van der Waals surface area contributed by atoms with Crippen molar-refractivity contribution in [3.8, 4) is 0 Å². The average molecular weight is 165 g/mol. The molecule has 1 aromatic rings. The van der Waals surface area contributed by atoms with Crippen molar-refractivity contribution in [1.29, 1.82) is 0 Å². The van der Waals surface area contributed by atoms with Gasteiger partial charge in [-0.2, -0.15) is 0 Å². The molecule has 0 aliphatic rings. The van der Waals surface area contributed by atoms with Crippen LogP contribution < -0.4 is 5.73 Å². The van der Waals surface area contributed by atoms with Crippen LogP contribution in [0.15, 0.2) is 6.07 Å². The Kier molecular flexibility index (Phi) is 2.38.